The van der Waals surface area contributed by atoms with Gasteiger partial charge in [0.2, 0.25) is 0 Å². The van der Waals surface area contributed by atoms with Gasteiger partial charge in [-0.1, -0.05) is 36.4 Å². The highest BCUT2D eigenvalue weighted by Crippen LogP contribution is 2.31. The molecule has 7 heteroatoms. The standard InChI is InChI=1S/C28H26N4O3/c1-35-28(34)21-11-9-19(10-12-21)25-23-7-3-4-8-24(23)26(31-30-25)29-22-15-13-20(14-16-22)27(33)32-17-5-2-6-18-32/h3-4,7-16H,2,5-6,17-18H2,1H3,(H,29,31). The van der Waals surface area contributed by atoms with E-state index in [1.807, 2.05) is 65.6 Å². The average molecular weight is 467 g/mol. The highest BCUT2D eigenvalue weighted by Gasteiger charge is 2.18. The molecule has 2 heterocycles. The summed E-state index contributed by atoms with van der Waals surface area (Å²) >= 11 is 0. The largest absolute Gasteiger partial charge is 0.465 e. The first kappa shape index (κ1) is 22.5. The molecule has 35 heavy (non-hydrogen) atoms. The highest BCUT2D eigenvalue weighted by molar-refractivity contribution is 6.01. The van der Waals surface area contributed by atoms with Crippen LogP contribution in [0.4, 0.5) is 11.5 Å². The molecular formula is C28H26N4O3. The fourth-order valence-corrected chi connectivity index (χ4v) is 4.40. The Morgan fingerprint density at radius 3 is 2.14 bits per heavy atom. The van der Waals surface area contributed by atoms with Crippen molar-refractivity contribution >= 4 is 34.2 Å². The minimum absolute atomic E-state index is 0.0871. The fourth-order valence-electron chi connectivity index (χ4n) is 4.40. The number of anilines is 2. The Morgan fingerprint density at radius 2 is 1.46 bits per heavy atom. The van der Waals surface area contributed by atoms with Gasteiger partial charge in [-0.25, -0.2) is 4.79 Å². The van der Waals surface area contributed by atoms with Crippen LogP contribution in [-0.2, 0) is 4.74 Å². The Balaban J connectivity index is 1.40. The Hall–Kier alpha value is -4.26. The highest BCUT2D eigenvalue weighted by atomic mass is 16.5. The second-order valence-corrected chi connectivity index (χ2v) is 8.57. The maximum Gasteiger partial charge on any atom is 0.337 e. The van der Waals surface area contributed by atoms with Crippen molar-refractivity contribution in [2.75, 3.05) is 25.5 Å². The number of rotatable bonds is 5. The quantitative estimate of drug-likeness (QED) is 0.394. The molecule has 0 radical (unpaired) electrons. The number of fused-ring (bicyclic) bond motifs is 1. The van der Waals surface area contributed by atoms with Crippen molar-refractivity contribution in [2.45, 2.75) is 19.3 Å². The number of aromatic nitrogens is 2. The molecule has 0 bridgehead atoms. The minimum atomic E-state index is -0.379. The van der Waals surface area contributed by atoms with E-state index < -0.39 is 0 Å². The van der Waals surface area contributed by atoms with Gasteiger partial charge in [0, 0.05) is 40.7 Å². The van der Waals surface area contributed by atoms with Gasteiger partial charge in [0.15, 0.2) is 5.82 Å². The lowest BCUT2D eigenvalue weighted by Gasteiger charge is -2.26. The van der Waals surface area contributed by atoms with Crippen molar-refractivity contribution in [3.63, 3.8) is 0 Å². The van der Waals surface area contributed by atoms with Gasteiger partial charge in [-0.2, -0.15) is 0 Å². The molecule has 5 rings (SSSR count). The van der Waals surface area contributed by atoms with Crippen LogP contribution in [0.2, 0.25) is 0 Å². The van der Waals surface area contributed by atoms with E-state index in [4.69, 9.17) is 4.74 Å². The number of carbonyl (C=O) groups excluding carboxylic acids is 2. The summed E-state index contributed by atoms with van der Waals surface area (Å²) in [7, 11) is 1.36. The lowest BCUT2D eigenvalue weighted by Crippen LogP contribution is -2.35. The van der Waals surface area contributed by atoms with E-state index in [1.54, 1.807) is 12.1 Å². The smallest absolute Gasteiger partial charge is 0.337 e. The SMILES string of the molecule is COC(=O)c1ccc(-c2nnc(Nc3ccc(C(=O)N4CCCCC4)cc3)c3ccccc23)cc1. The van der Waals surface area contributed by atoms with Crippen LogP contribution >= 0.6 is 0 Å². The molecule has 0 aliphatic carbocycles. The van der Waals surface area contributed by atoms with Gasteiger partial charge in [-0.15, -0.1) is 10.2 Å². The van der Waals surface area contributed by atoms with Crippen LogP contribution in [0.3, 0.4) is 0 Å². The molecule has 0 spiro atoms. The number of amides is 1. The zero-order valence-electron chi connectivity index (χ0n) is 19.5. The molecule has 3 aromatic carbocycles. The fraction of sp³-hybridized carbons (Fsp3) is 0.214. The topological polar surface area (TPSA) is 84.4 Å². The molecule has 1 fully saturated rings. The zero-order chi connectivity index (χ0) is 24.2. The Bertz CT molecular complexity index is 1360. The molecule has 7 nitrogen and oxygen atoms in total. The van der Waals surface area contributed by atoms with Crippen LogP contribution in [0.1, 0.15) is 40.0 Å². The number of benzene rings is 3. The van der Waals surface area contributed by atoms with E-state index >= 15 is 0 Å². The third-order valence-electron chi connectivity index (χ3n) is 6.30. The van der Waals surface area contributed by atoms with Crippen LogP contribution in [0.25, 0.3) is 22.0 Å². The molecule has 1 amide bonds. The second-order valence-electron chi connectivity index (χ2n) is 8.57. The summed E-state index contributed by atoms with van der Waals surface area (Å²) in [6, 6.07) is 22.5. The number of likely N-dealkylation sites (tertiary alicyclic amines) is 1. The lowest BCUT2D eigenvalue weighted by molar-refractivity contribution is 0.0600. The number of nitrogens with zero attached hydrogens (tertiary/aromatic N) is 3. The number of piperidine rings is 1. The maximum absolute atomic E-state index is 12.7. The molecule has 1 N–H and O–H groups in total. The molecule has 1 aromatic heterocycles. The van der Waals surface area contributed by atoms with E-state index in [0.717, 1.165) is 53.6 Å². The zero-order valence-corrected chi connectivity index (χ0v) is 19.5. The molecule has 0 atom stereocenters. The van der Waals surface area contributed by atoms with Crippen molar-refractivity contribution in [3.8, 4) is 11.3 Å². The summed E-state index contributed by atoms with van der Waals surface area (Å²) in [5.74, 6) is 0.338. The van der Waals surface area contributed by atoms with Crippen molar-refractivity contribution < 1.29 is 14.3 Å². The number of methoxy groups -OCH3 is 1. The number of nitrogens with one attached hydrogen (secondary N) is 1. The van der Waals surface area contributed by atoms with E-state index in [2.05, 4.69) is 15.5 Å². The number of esters is 1. The monoisotopic (exact) mass is 466 g/mol. The molecule has 0 unspecified atom stereocenters. The number of ether oxygens (including phenoxy) is 1. The van der Waals surface area contributed by atoms with Crippen LogP contribution < -0.4 is 5.32 Å². The molecule has 176 valence electrons. The van der Waals surface area contributed by atoms with Crippen molar-refractivity contribution in [1.82, 2.24) is 15.1 Å². The van der Waals surface area contributed by atoms with Gasteiger partial charge in [-0.05, 0) is 55.7 Å². The maximum atomic E-state index is 12.7. The minimum Gasteiger partial charge on any atom is -0.465 e. The summed E-state index contributed by atoms with van der Waals surface area (Å²) in [4.78, 5) is 26.4. The predicted octanol–water partition coefficient (Wildman–Crippen LogP) is 5.45. The third-order valence-corrected chi connectivity index (χ3v) is 6.30. The summed E-state index contributed by atoms with van der Waals surface area (Å²) in [6.07, 6.45) is 3.34. The summed E-state index contributed by atoms with van der Waals surface area (Å²) in [5.41, 5.74) is 3.58. The van der Waals surface area contributed by atoms with Crippen molar-refractivity contribution in [1.29, 1.82) is 0 Å². The number of hydrogen-bond donors (Lipinski definition) is 1. The predicted molar refractivity (Wildman–Crippen MR) is 136 cm³/mol. The first-order valence-corrected chi connectivity index (χ1v) is 11.7. The molecular weight excluding hydrogens is 440 g/mol. The van der Waals surface area contributed by atoms with Gasteiger partial charge < -0.3 is 15.0 Å². The van der Waals surface area contributed by atoms with Gasteiger partial charge >= 0.3 is 5.97 Å². The second kappa shape index (κ2) is 9.93. The molecule has 1 saturated heterocycles. The van der Waals surface area contributed by atoms with Crippen LogP contribution in [0, 0.1) is 0 Å². The van der Waals surface area contributed by atoms with E-state index in [9.17, 15) is 9.59 Å². The van der Waals surface area contributed by atoms with Gasteiger partial charge in [-0.3, -0.25) is 4.79 Å². The lowest BCUT2D eigenvalue weighted by atomic mass is 10.0. The Morgan fingerprint density at radius 1 is 0.800 bits per heavy atom. The van der Waals surface area contributed by atoms with E-state index in [1.165, 1.54) is 13.5 Å². The van der Waals surface area contributed by atoms with Crippen molar-refractivity contribution in [2.24, 2.45) is 0 Å². The Kier molecular flexibility index (Phi) is 6.39. The first-order valence-electron chi connectivity index (χ1n) is 11.7. The Labute approximate surface area is 203 Å². The van der Waals surface area contributed by atoms with Crippen LogP contribution in [-0.4, -0.2) is 47.2 Å². The van der Waals surface area contributed by atoms with Gasteiger partial charge in [0.1, 0.15) is 5.69 Å². The van der Waals surface area contributed by atoms with E-state index in [0.29, 0.717) is 16.9 Å². The summed E-state index contributed by atoms with van der Waals surface area (Å²) in [6.45, 7) is 1.66. The van der Waals surface area contributed by atoms with Crippen LogP contribution in [0.15, 0.2) is 72.8 Å². The normalized spacial score (nSPS) is 13.5. The molecule has 4 aromatic rings. The van der Waals surface area contributed by atoms with E-state index in [-0.39, 0.29) is 11.9 Å². The molecule has 1 aliphatic rings. The number of hydrogen-bond acceptors (Lipinski definition) is 6. The van der Waals surface area contributed by atoms with Crippen molar-refractivity contribution in [3.05, 3.63) is 83.9 Å². The average Bonchev–Trinajstić information content (AvgIpc) is 2.93. The first-order chi connectivity index (χ1) is 17.1. The summed E-state index contributed by atoms with van der Waals surface area (Å²) < 4.78 is 4.78. The van der Waals surface area contributed by atoms with Crippen LogP contribution in [0.5, 0.6) is 0 Å². The van der Waals surface area contributed by atoms with Gasteiger partial charge in [0.25, 0.3) is 5.91 Å². The molecule has 0 saturated carbocycles. The third kappa shape index (κ3) is 4.71. The van der Waals surface area contributed by atoms with Gasteiger partial charge in [0.05, 0.1) is 12.7 Å². The molecule has 1 aliphatic heterocycles. The number of carbonyl (C=O) groups is 2. The summed E-state index contributed by atoms with van der Waals surface area (Å²) in [5, 5.41) is 14.1.